The lowest BCUT2D eigenvalue weighted by atomic mass is 10.1. The molecule has 0 fully saturated rings. The first kappa shape index (κ1) is 14.5. The molecule has 0 aliphatic carbocycles. The summed E-state index contributed by atoms with van der Waals surface area (Å²) < 4.78 is 23.8. The number of hydrogen-bond donors (Lipinski definition) is 3. The zero-order valence-corrected chi connectivity index (χ0v) is 10.8. The summed E-state index contributed by atoms with van der Waals surface area (Å²) in [6, 6.07) is 6.42. The monoisotopic (exact) mass is 272 g/mol. The van der Waals surface area contributed by atoms with E-state index in [0.717, 1.165) is 6.26 Å². The molecule has 0 unspecified atom stereocenters. The van der Waals surface area contributed by atoms with Crippen LogP contribution in [0.2, 0.25) is 0 Å². The highest BCUT2D eigenvalue weighted by Crippen LogP contribution is 2.10. The number of hydrogen-bond acceptors (Lipinski definition) is 4. The van der Waals surface area contributed by atoms with Crippen LogP contribution in [0.25, 0.3) is 0 Å². The van der Waals surface area contributed by atoms with Crippen molar-refractivity contribution in [3.05, 3.63) is 29.8 Å². The van der Waals surface area contributed by atoms with Crippen molar-refractivity contribution in [2.24, 2.45) is 0 Å². The first-order valence-corrected chi connectivity index (χ1v) is 7.25. The molecular formula is C11H16N2O4S. The molecule has 18 heavy (non-hydrogen) atoms. The highest BCUT2D eigenvalue weighted by Gasteiger charge is 2.04. The predicted molar refractivity (Wildman–Crippen MR) is 67.7 cm³/mol. The second-order valence-corrected chi connectivity index (χ2v) is 5.70. The Hall–Kier alpha value is -1.60. The average molecular weight is 272 g/mol. The van der Waals surface area contributed by atoms with Gasteiger partial charge in [-0.1, -0.05) is 12.1 Å². The van der Waals surface area contributed by atoms with Gasteiger partial charge in [0.05, 0.1) is 12.7 Å². The van der Waals surface area contributed by atoms with Crippen LogP contribution in [0.4, 0.5) is 0 Å². The van der Waals surface area contributed by atoms with Crippen molar-refractivity contribution < 1.29 is 18.3 Å². The van der Waals surface area contributed by atoms with Gasteiger partial charge in [-0.05, 0) is 17.7 Å². The summed E-state index contributed by atoms with van der Waals surface area (Å²) in [6.45, 7) is 0.384. The zero-order chi connectivity index (χ0) is 13.6. The first-order chi connectivity index (χ1) is 8.37. The fourth-order valence-electron chi connectivity index (χ4n) is 1.35. The van der Waals surface area contributed by atoms with E-state index in [4.69, 9.17) is 0 Å². The Morgan fingerprint density at radius 2 is 2.06 bits per heavy atom. The molecule has 0 atom stereocenters. The van der Waals surface area contributed by atoms with Crippen LogP contribution in [0.5, 0.6) is 5.75 Å². The highest BCUT2D eigenvalue weighted by molar-refractivity contribution is 7.88. The molecule has 3 N–H and O–H groups in total. The van der Waals surface area contributed by atoms with E-state index in [-0.39, 0.29) is 31.2 Å². The van der Waals surface area contributed by atoms with Crippen molar-refractivity contribution in [1.82, 2.24) is 10.0 Å². The van der Waals surface area contributed by atoms with Gasteiger partial charge in [-0.15, -0.1) is 0 Å². The Bertz CT molecular complexity index is 514. The molecule has 1 aromatic rings. The molecular weight excluding hydrogens is 256 g/mol. The molecule has 100 valence electrons. The van der Waals surface area contributed by atoms with E-state index in [0.29, 0.717) is 5.56 Å². The smallest absolute Gasteiger partial charge is 0.224 e. The number of nitrogens with one attached hydrogen (secondary N) is 2. The summed E-state index contributed by atoms with van der Waals surface area (Å²) in [7, 11) is -3.22. The van der Waals surface area contributed by atoms with Gasteiger partial charge >= 0.3 is 0 Å². The van der Waals surface area contributed by atoms with E-state index in [1.165, 1.54) is 12.1 Å². The van der Waals surface area contributed by atoms with Gasteiger partial charge < -0.3 is 10.4 Å². The fourth-order valence-corrected chi connectivity index (χ4v) is 1.83. The Morgan fingerprint density at radius 3 is 2.67 bits per heavy atom. The van der Waals surface area contributed by atoms with Crippen molar-refractivity contribution in [2.75, 3.05) is 19.3 Å². The van der Waals surface area contributed by atoms with Crippen LogP contribution in [0, 0.1) is 0 Å². The van der Waals surface area contributed by atoms with Gasteiger partial charge in [-0.2, -0.15) is 0 Å². The molecule has 0 saturated heterocycles. The molecule has 1 rings (SSSR count). The third kappa shape index (κ3) is 6.21. The van der Waals surface area contributed by atoms with Crippen molar-refractivity contribution in [3.8, 4) is 5.75 Å². The Balaban J connectivity index is 2.30. The number of rotatable bonds is 6. The maximum absolute atomic E-state index is 11.5. The first-order valence-electron chi connectivity index (χ1n) is 5.36. The molecule has 0 bridgehead atoms. The Morgan fingerprint density at radius 1 is 1.33 bits per heavy atom. The lowest BCUT2D eigenvalue weighted by Gasteiger charge is -2.06. The summed E-state index contributed by atoms with van der Waals surface area (Å²) in [6.07, 6.45) is 1.20. The number of aromatic hydroxyl groups is 1. The number of carbonyl (C=O) groups excluding carboxylic acids is 1. The van der Waals surface area contributed by atoms with Crippen LogP contribution in [0.1, 0.15) is 5.56 Å². The standard InChI is InChI=1S/C11H16N2O4S/c1-18(16,17)13-6-5-12-11(15)8-9-3-2-4-10(14)7-9/h2-4,7,13-14H,5-6,8H2,1H3,(H,12,15). The molecule has 7 heteroatoms. The summed E-state index contributed by atoms with van der Waals surface area (Å²) in [5.41, 5.74) is 0.698. The highest BCUT2D eigenvalue weighted by atomic mass is 32.2. The van der Waals surface area contributed by atoms with Gasteiger partial charge in [-0.3, -0.25) is 4.79 Å². The van der Waals surface area contributed by atoms with Crippen LogP contribution in [0.15, 0.2) is 24.3 Å². The van der Waals surface area contributed by atoms with Crippen LogP contribution in [-0.4, -0.2) is 38.8 Å². The quantitative estimate of drug-likeness (QED) is 0.614. The lowest BCUT2D eigenvalue weighted by Crippen LogP contribution is -2.34. The number of phenols is 1. The van der Waals surface area contributed by atoms with Crippen molar-refractivity contribution in [2.45, 2.75) is 6.42 Å². The van der Waals surface area contributed by atoms with Crippen molar-refractivity contribution in [1.29, 1.82) is 0 Å². The largest absolute Gasteiger partial charge is 0.508 e. The molecule has 0 aromatic heterocycles. The number of sulfonamides is 1. The minimum atomic E-state index is -3.22. The summed E-state index contributed by atoms with van der Waals surface area (Å²) in [5.74, 6) is -0.116. The molecule has 0 radical (unpaired) electrons. The van der Waals surface area contributed by atoms with E-state index < -0.39 is 10.0 Å². The average Bonchev–Trinajstić information content (AvgIpc) is 2.23. The SMILES string of the molecule is CS(=O)(=O)NCCNC(=O)Cc1cccc(O)c1. The topological polar surface area (TPSA) is 95.5 Å². The minimum Gasteiger partial charge on any atom is -0.508 e. The number of benzene rings is 1. The van der Waals surface area contributed by atoms with Crippen LogP contribution < -0.4 is 10.0 Å². The van der Waals surface area contributed by atoms with Gasteiger partial charge in [0, 0.05) is 13.1 Å². The van der Waals surface area contributed by atoms with Gasteiger partial charge in [-0.25, -0.2) is 13.1 Å². The third-order valence-corrected chi connectivity index (χ3v) is 2.82. The second-order valence-electron chi connectivity index (χ2n) is 3.86. The van der Waals surface area contributed by atoms with Crippen LogP contribution in [0.3, 0.4) is 0 Å². The molecule has 0 saturated carbocycles. The third-order valence-electron chi connectivity index (χ3n) is 2.09. The molecule has 0 aliphatic rings. The van der Waals surface area contributed by atoms with Crippen molar-refractivity contribution in [3.63, 3.8) is 0 Å². The van der Waals surface area contributed by atoms with Crippen molar-refractivity contribution >= 4 is 15.9 Å². The van der Waals surface area contributed by atoms with Gasteiger partial charge in [0.25, 0.3) is 0 Å². The molecule has 6 nitrogen and oxygen atoms in total. The maximum Gasteiger partial charge on any atom is 0.224 e. The van der Waals surface area contributed by atoms with Gasteiger partial charge in [0.2, 0.25) is 15.9 Å². The minimum absolute atomic E-state index is 0.110. The van der Waals surface area contributed by atoms with E-state index >= 15 is 0 Å². The maximum atomic E-state index is 11.5. The number of carbonyl (C=O) groups is 1. The van der Waals surface area contributed by atoms with Gasteiger partial charge in [0.15, 0.2) is 0 Å². The molecule has 0 spiro atoms. The summed E-state index contributed by atoms with van der Waals surface area (Å²) >= 11 is 0. The van der Waals surface area contributed by atoms with E-state index in [1.54, 1.807) is 12.1 Å². The number of phenolic OH excluding ortho intramolecular Hbond substituents is 1. The van der Waals surface area contributed by atoms with E-state index in [1.807, 2.05) is 0 Å². The lowest BCUT2D eigenvalue weighted by molar-refractivity contribution is -0.120. The van der Waals surface area contributed by atoms with E-state index in [2.05, 4.69) is 10.0 Å². The second kappa shape index (κ2) is 6.36. The molecule has 0 heterocycles. The summed E-state index contributed by atoms with van der Waals surface area (Å²) in [4.78, 5) is 11.5. The Kier molecular flexibility index (Phi) is 5.11. The van der Waals surface area contributed by atoms with Crippen LogP contribution in [-0.2, 0) is 21.2 Å². The van der Waals surface area contributed by atoms with E-state index in [9.17, 15) is 18.3 Å². The molecule has 1 aromatic carbocycles. The predicted octanol–water partition coefficient (Wildman–Crippen LogP) is -0.400. The fraction of sp³-hybridized carbons (Fsp3) is 0.364. The summed E-state index contributed by atoms with van der Waals surface area (Å²) in [5, 5.41) is 11.8. The van der Waals surface area contributed by atoms with Crippen LogP contribution >= 0.6 is 0 Å². The number of amides is 1. The molecule has 0 aliphatic heterocycles. The normalized spacial score (nSPS) is 11.2. The Labute approximate surface area is 106 Å². The molecule has 1 amide bonds. The zero-order valence-electron chi connectivity index (χ0n) is 10.0. The van der Waals surface area contributed by atoms with Gasteiger partial charge in [0.1, 0.15) is 5.75 Å².